The quantitative estimate of drug-likeness (QED) is 0.712. The van der Waals surface area contributed by atoms with Crippen molar-refractivity contribution in [1.29, 1.82) is 0 Å². The third-order valence-electron chi connectivity index (χ3n) is 4.85. The number of H-pyrrole nitrogens is 1. The van der Waals surface area contributed by atoms with Gasteiger partial charge in [-0.25, -0.2) is 0 Å². The summed E-state index contributed by atoms with van der Waals surface area (Å²) in [6, 6.07) is 6.16. The van der Waals surface area contributed by atoms with Crippen LogP contribution in [0, 0.1) is 6.92 Å². The maximum absolute atomic E-state index is 12.6. The molecule has 1 saturated heterocycles. The summed E-state index contributed by atoms with van der Waals surface area (Å²) >= 11 is 0. The van der Waals surface area contributed by atoms with Gasteiger partial charge >= 0.3 is 0 Å². The molecule has 2 aliphatic rings. The lowest BCUT2D eigenvalue weighted by Crippen LogP contribution is -2.52. The molecule has 1 unspecified atom stereocenters. The molecule has 0 aliphatic carbocycles. The summed E-state index contributed by atoms with van der Waals surface area (Å²) in [5.41, 5.74) is 3.23. The summed E-state index contributed by atoms with van der Waals surface area (Å²) in [6.07, 6.45) is 2.28. The predicted octanol–water partition coefficient (Wildman–Crippen LogP) is 1.34. The minimum absolute atomic E-state index is 0.216. The summed E-state index contributed by atoms with van der Waals surface area (Å²) in [6.45, 7) is 2.16. The van der Waals surface area contributed by atoms with Crippen LogP contribution in [0.3, 0.4) is 0 Å². The highest BCUT2D eigenvalue weighted by molar-refractivity contribution is 6.06. The number of anilines is 1. The zero-order chi connectivity index (χ0) is 19.1. The van der Waals surface area contributed by atoms with Gasteiger partial charge in [0.2, 0.25) is 11.8 Å². The van der Waals surface area contributed by atoms with Gasteiger partial charge < -0.3 is 15.2 Å². The number of rotatable bonds is 3. The maximum atomic E-state index is 12.6. The van der Waals surface area contributed by atoms with Gasteiger partial charge in [-0.1, -0.05) is 0 Å². The number of aromatic nitrogens is 1. The van der Waals surface area contributed by atoms with Gasteiger partial charge in [-0.3, -0.25) is 24.5 Å². The van der Waals surface area contributed by atoms with Crippen LogP contribution in [-0.2, 0) is 16.1 Å². The molecule has 27 heavy (non-hydrogen) atoms. The van der Waals surface area contributed by atoms with Gasteiger partial charge in [0.25, 0.3) is 11.8 Å². The molecule has 2 aliphatic heterocycles. The number of carbonyl (C=O) groups is 4. The fourth-order valence-electron chi connectivity index (χ4n) is 3.48. The van der Waals surface area contributed by atoms with Crippen molar-refractivity contribution in [2.75, 3.05) is 5.32 Å². The van der Waals surface area contributed by atoms with Crippen LogP contribution in [-0.4, -0.2) is 39.6 Å². The number of nitrogens with one attached hydrogen (secondary N) is 3. The van der Waals surface area contributed by atoms with Crippen molar-refractivity contribution in [2.24, 2.45) is 0 Å². The fraction of sp³-hybridized carbons (Fsp3) is 0.263. The molecule has 3 heterocycles. The number of hydrogen-bond acceptors (Lipinski definition) is 4. The normalized spacial score (nSPS) is 19.1. The van der Waals surface area contributed by atoms with Crippen molar-refractivity contribution in [3.63, 3.8) is 0 Å². The summed E-state index contributed by atoms with van der Waals surface area (Å²) in [4.78, 5) is 52.7. The number of amides is 4. The molecule has 3 N–H and O–H groups in total. The minimum Gasteiger partial charge on any atom is -0.357 e. The molecule has 138 valence electrons. The van der Waals surface area contributed by atoms with E-state index < -0.39 is 11.9 Å². The molecule has 1 aromatic carbocycles. The number of nitrogens with zero attached hydrogens (tertiary/aromatic N) is 1. The van der Waals surface area contributed by atoms with Gasteiger partial charge in [-0.2, -0.15) is 0 Å². The topological polar surface area (TPSA) is 111 Å². The number of imide groups is 1. The largest absolute Gasteiger partial charge is 0.357 e. The number of fused-ring (bicyclic) bond motifs is 1. The monoisotopic (exact) mass is 366 g/mol. The molecule has 4 rings (SSSR count). The number of benzene rings is 1. The van der Waals surface area contributed by atoms with Crippen LogP contribution in [0.1, 0.15) is 44.8 Å². The Morgan fingerprint density at radius 1 is 1.22 bits per heavy atom. The van der Waals surface area contributed by atoms with Crippen molar-refractivity contribution in [2.45, 2.75) is 32.4 Å². The molecule has 0 spiro atoms. The highest BCUT2D eigenvalue weighted by Crippen LogP contribution is 2.29. The third-order valence-corrected chi connectivity index (χ3v) is 4.85. The Morgan fingerprint density at radius 3 is 2.74 bits per heavy atom. The molecular formula is C19H18N4O4. The van der Waals surface area contributed by atoms with E-state index in [0.717, 1.165) is 11.1 Å². The lowest BCUT2D eigenvalue weighted by Gasteiger charge is -2.29. The van der Waals surface area contributed by atoms with Crippen molar-refractivity contribution in [1.82, 2.24) is 15.2 Å². The summed E-state index contributed by atoms with van der Waals surface area (Å²) in [5, 5.41) is 5.08. The van der Waals surface area contributed by atoms with Crippen LogP contribution in [0.15, 0.2) is 30.5 Å². The first-order valence-electron chi connectivity index (χ1n) is 8.66. The maximum Gasteiger partial charge on any atom is 0.272 e. The Balaban J connectivity index is 1.51. The average molecular weight is 366 g/mol. The molecule has 1 aromatic heterocycles. The minimum atomic E-state index is -0.650. The zero-order valence-electron chi connectivity index (χ0n) is 14.7. The first-order chi connectivity index (χ1) is 12.9. The van der Waals surface area contributed by atoms with E-state index >= 15 is 0 Å². The van der Waals surface area contributed by atoms with Crippen LogP contribution in [0.4, 0.5) is 5.69 Å². The van der Waals surface area contributed by atoms with E-state index in [2.05, 4.69) is 15.6 Å². The molecule has 1 fully saturated rings. The number of hydrogen-bond donors (Lipinski definition) is 3. The summed E-state index contributed by atoms with van der Waals surface area (Å²) < 4.78 is 0. The van der Waals surface area contributed by atoms with Gasteiger partial charge in [0, 0.05) is 30.4 Å². The van der Waals surface area contributed by atoms with Crippen LogP contribution in [0.25, 0.3) is 0 Å². The zero-order valence-corrected chi connectivity index (χ0v) is 14.7. The average Bonchev–Trinajstić information content (AvgIpc) is 3.19. The van der Waals surface area contributed by atoms with Gasteiger partial charge in [0.15, 0.2) is 0 Å². The molecule has 0 saturated carbocycles. The van der Waals surface area contributed by atoms with E-state index in [9.17, 15) is 19.2 Å². The molecule has 4 amide bonds. The SMILES string of the molecule is Cc1c[nH]c(C(=O)Nc2ccc3c(c2)CN(C2CCC(=O)NC2=O)C3=O)c1. The van der Waals surface area contributed by atoms with Crippen LogP contribution >= 0.6 is 0 Å². The smallest absolute Gasteiger partial charge is 0.272 e. The Morgan fingerprint density at radius 2 is 2.04 bits per heavy atom. The third kappa shape index (κ3) is 3.10. The number of piperidine rings is 1. The van der Waals surface area contributed by atoms with E-state index in [4.69, 9.17) is 0 Å². The first-order valence-corrected chi connectivity index (χ1v) is 8.66. The predicted molar refractivity (Wildman–Crippen MR) is 96.0 cm³/mol. The standard InChI is InChI=1S/C19H18N4O4/c1-10-6-14(20-8-10)17(25)21-12-2-3-13-11(7-12)9-23(19(13)27)15-4-5-16(24)22-18(15)26/h2-3,6-8,15,20H,4-5,9H2,1H3,(H,21,25)(H,22,24,26). The van der Waals surface area contributed by atoms with Crippen LogP contribution in [0.5, 0.6) is 0 Å². The lowest BCUT2D eigenvalue weighted by molar-refractivity contribution is -0.136. The number of carbonyl (C=O) groups excluding carboxylic acids is 4. The van der Waals surface area contributed by atoms with Crippen LogP contribution < -0.4 is 10.6 Å². The molecule has 8 heteroatoms. The van der Waals surface area contributed by atoms with Crippen molar-refractivity contribution >= 4 is 29.3 Å². The van der Waals surface area contributed by atoms with E-state index in [1.807, 2.05) is 6.92 Å². The van der Waals surface area contributed by atoms with E-state index in [1.54, 1.807) is 30.5 Å². The second kappa shape index (κ2) is 6.39. The highest BCUT2D eigenvalue weighted by atomic mass is 16.2. The van der Waals surface area contributed by atoms with Gasteiger partial charge in [0.1, 0.15) is 11.7 Å². The second-order valence-corrected chi connectivity index (χ2v) is 6.82. The Bertz CT molecular complexity index is 978. The van der Waals surface area contributed by atoms with Crippen LogP contribution in [0.2, 0.25) is 0 Å². The summed E-state index contributed by atoms with van der Waals surface area (Å²) in [5.74, 6) is -1.26. The molecule has 0 bridgehead atoms. The lowest BCUT2D eigenvalue weighted by atomic mass is 10.0. The number of aromatic amines is 1. The molecular weight excluding hydrogens is 348 g/mol. The first kappa shape index (κ1) is 17.0. The van der Waals surface area contributed by atoms with E-state index in [0.29, 0.717) is 23.4 Å². The van der Waals surface area contributed by atoms with E-state index in [-0.39, 0.29) is 30.7 Å². The Hall–Kier alpha value is -3.42. The summed E-state index contributed by atoms with van der Waals surface area (Å²) in [7, 11) is 0. The molecule has 2 aromatic rings. The van der Waals surface area contributed by atoms with E-state index in [1.165, 1.54) is 4.90 Å². The fourth-order valence-corrected chi connectivity index (χ4v) is 3.48. The van der Waals surface area contributed by atoms with Gasteiger partial charge in [-0.15, -0.1) is 0 Å². The Labute approximate surface area is 154 Å². The van der Waals surface area contributed by atoms with Gasteiger partial charge in [0.05, 0.1) is 0 Å². The van der Waals surface area contributed by atoms with Crippen molar-refractivity contribution < 1.29 is 19.2 Å². The van der Waals surface area contributed by atoms with Crippen molar-refractivity contribution in [3.8, 4) is 0 Å². The number of aryl methyl sites for hydroxylation is 1. The highest BCUT2D eigenvalue weighted by Gasteiger charge is 2.39. The van der Waals surface area contributed by atoms with Gasteiger partial charge in [-0.05, 0) is 48.7 Å². The molecule has 1 atom stereocenters. The Kier molecular flexibility index (Phi) is 4.02. The molecule has 0 radical (unpaired) electrons. The van der Waals surface area contributed by atoms with Crippen molar-refractivity contribution in [3.05, 3.63) is 52.8 Å². The molecule has 8 nitrogen and oxygen atoms in total. The second-order valence-electron chi connectivity index (χ2n) is 6.82.